The van der Waals surface area contributed by atoms with Gasteiger partial charge in [0.15, 0.2) is 18.0 Å². The minimum atomic E-state index is -2.39. The van der Waals surface area contributed by atoms with E-state index in [4.69, 9.17) is 18.9 Å². The molecule has 5 rings (SSSR count). The number of ketones is 1. The Bertz CT molecular complexity index is 1660. The molecule has 0 aliphatic heterocycles. The number of hydrogen-bond acceptors (Lipinski definition) is 10. The molecule has 10 heteroatoms. The first-order valence-electron chi connectivity index (χ1n) is 14.0. The number of esters is 4. The van der Waals surface area contributed by atoms with Crippen LogP contribution in [0.25, 0.3) is 0 Å². The number of aliphatic hydroxyl groups is 1. The maximum Gasteiger partial charge on any atom is 0.338 e. The highest BCUT2D eigenvalue weighted by Crippen LogP contribution is 2.35. The van der Waals surface area contributed by atoms with E-state index >= 15 is 0 Å². The van der Waals surface area contributed by atoms with Gasteiger partial charge in [-0.1, -0.05) is 72.8 Å². The maximum absolute atomic E-state index is 13.6. The predicted molar refractivity (Wildman–Crippen MR) is 158 cm³/mol. The highest BCUT2D eigenvalue weighted by molar-refractivity contribution is 5.95. The Morgan fingerprint density at radius 1 is 0.578 bits per heavy atom. The second-order valence-corrected chi connectivity index (χ2v) is 10.3. The summed E-state index contributed by atoms with van der Waals surface area (Å²) in [4.78, 5) is 66.1. The first-order chi connectivity index (χ1) is 21.7. The van der Waals surface area contributed by atoms with Crippen LogP contribution in [0.3, 0.4) is 0 Å². The van der Waals surface area contributed by atoms with Crippen molar-refractivity contribution < 1.29 is 48.0 Å². The van der Waals surface area contributed by atoms with Crippen LogP contribution in [0.4, 0.5) is 0 Å². The molecule has 0 aromatic heterocycles. The highest BCUT2D eigenvalue weighted by atomic mass is 16.6. The van der Waals surface area contributed by atoms with Gasteiger partial charge in [0.05, 0.1) is 22.3 Å². The molecule has 45 heavy (non-hydrogen) atoms. The molecule has 1 aliphatic carbocycles. The van der Waals surface area contributed by atoms with Gasteiger partial charge in [-0.15, -0.1) is 0 Å². The average Bonchev–Trinajstić information content (AvgIpc) is 3.08. The zero-order valence-corrected chi connectivity index (χ0v) is 23.8. The largest absolute Gasteiger partial charge is 0.459 e. The number of ether oxygens (including phenoxy) is 4. The molecule has 1 saturated carbocycles. The quantitative estimate of drug-likeness (QED) is 0.217. The first kappa shape index (κ1) is 30.8. The molecule has 4 unspecified atom stereocenters. The van der Waals surface area contributed by atoms with E-state index in [1.807, 2.05) is 0 Å². The third kappa shape index (κ3) is 7.31. The fraction of sp³-hybridized carbons (Fsp3) is 0.171. The highest BCUT2D eigenvalue weighted by Gasteiger charge is 2.59. The fourth-order valence-electron chi connectivity index (χ4n) is 4.85. The summed E-state index contributed by atoms with van der Waals surface area (Å²) in [6, 6.07) is 31.3. The Morgan fingerprint density at radius 2 is 0.956 bits per heavy atom. The number of Topliss-reactive ketones (excluding diaryl/α,β-unsaturated/α-hetero) is 1. The van der Waals surface area contributed by atoms with Gasteiger partial charge in [0.25, 0.3) is 0 Å². The topological polar surface area (TPSA) is 143 Å². The molecule has 1 aliphatic rings. The van der Waals surface area contributed by atoms with Gasteiger partial charge in [-0.2, -0.15) is 0 Å². The summed E-state index contributed by atoms with van der Waals surface area (Å²) in [5.74, 6) is -4.46. The van der Waals surface area contributed by atoms with Crippen molar-refractivity contribution in [3.63, 3.8) is 0 Å². The van der Waals surface area contributed by atoms with Crippen LogP contribution in [0.5, 0.6) is 0 Å². The van der Waals surface area contributed by atoms with Crippen molar-refractivity contribution in [3.05, 3.63) is 144 Å². The van der Waals surface area contributed by atoms with Crippen LogP contribution in [-0.4, -0.2) is 65.3 Å². The van der Waals surface area contributed by atoms with Gasteiger partial charge in [-0.25, -0.2) is 19.2 Å². The zero-order valence-electron chi connectivity index (χ0n) is 23.8. The summed E-state index contributed by atoms with van der Waals surface area (Å²) in [5, 5.41) is 11.9. The molecule has 4 aromatic carbocycles. The van der Waals surface area contributed by atoms with Crippen molar-refractivity contribution in [1.29, 1.82) is 0 Å². The Hall–Kier alpha value is -5.61. The molecule has 1 N–H and O–H groups in total. The van der Waals surface area contributed by atoms with Crippen LogP contribution in [-0.2, 0) is 23.7 Å². The predicted octanol–water partition coefficient (Wildman–Crippen LogP) is 4.22. The van der Waals surface area contributed by atoms with E-state index in [1.54, 1.807) is 72.8 Å². The monoisotopic (exact) mass is 608 g/mol. The Morgan fingerprint density at radius 3 is 1.40 bits per heavy atom. The lowest BCUT2D eigenvalue weighted by molar-refractivity contribution is -0.200. The molecule has 0 amide bonds. The normalized spacial score (nSPS) is 20.8. The molecule has 0 saturated heterocycles. The second kappa shape index (κ2) is 13.8. The van der Waals surface area contributed by atoms with Crippen molar-refractivity contribution in [3.8, 4) is 0 Å². The lowest BCUT2D eigenvalue weighted by Crippen LogP contribution is -2.66. The van der Waals surface area contributed by atoms with Crippen molar-refractivity contribution in [2.45, 2.75) is 30.3 Å². The van der Waals surface area contributed by atoms with E-state index in [9.17, 15) is 29.1 Å². The molecule has 4 aromatic rings. The summed E-state index contributed by atoms with van der Waals surface area (Å²) in [7, 11) is 0. The minimum absolute atomic E-state index is 0.0795. The van der Waals surface area contributed by atoms with E-state index in [0.29, 0.717) is 0 Å². The lowest BCUT2D eigenvalue weighted by atomic mass is 9.78. The molecule has 0 spiro atoms. The van der Waals surface area contributed by atoms with E-state index in [0.717, 1.165) is 0 Å². The van der Waals surface area contributed by atoms with Crippen molar-refractivity contribution in [2.75, 3.05) is 6.61 Å². The SMILES string of the molecule is O=C(OCC1(O)CC(=O)C(OC(=O)c2ccccc2)C(OC(=O)c2ccccc2)C1OC(=O)c1ccccc1)c1ccccc1. The van der Waals surface area contributed by atoms with Gasteiger partial charge in [0, 0.05) is 6.42 Å². The van der Waals surface area contributed by atoms with E-state index < -0.39 is 66.6 Å². The van der Waals surface area contributed by atoms with Gasteiger partial charge in [-0.05, 0) is 48.5 Å². The summed E-state index contributed by atoms with van der Waals surface area (Å²) < 4.78 is 22.4. The Balaban J connectivity index is 1.52. The third-order valence-electron chi connectivity index (χ3n) is 7.13. The van der Waals surface area contributed by atoms with Gasteiger partial charge >= 0.3 is 23.9 Å². The molecule has 4 atom stereocenters. The van der Waals surface area contributed by atoms with E-state index in [-0.39, 0.29) is 22.3 Å². The van der Waals surface area contributed by atoms with E-state index in [1.165, 1.54) is 48.5 Å². The molecule has 0 radical (unpaired) electrons. The lowest BCUT2D eigenvalue weighted by Gasteiger charge is -2.44. The fourth-order valence-corrected chi connectivity index (χ4v) is 4.85. The summed E-state index contributed by atoms with van der Waals surface area (Å²) >= 11 is 0. The summed E-state index contributed by atoms with van der Waals surface area (Å²) in [6.07, 6.45) is -6.22. The van der Waals surface area contributed by atoms with Crippen LogP contribution in [0, 0.1) is 0 Å². The molecule has 10 nitrogen and oxygen atoms in total. The molecule has 228 valence electrons. The van der Waals surface area contributed by atoms with Crippen LogP contribution in [0.2, 0.25) is 0 Å². The molecular formula is C35H28O10. The Labute approximate surface area is 258 Å². The smallest absolute Gasteiger partial charge is 0.338 e. The molecule has 1 fully saturated rings. The van der Waals surface area contributed by atoms with Gasteiger partial charge in [0.1, 0.15) is 12.2 Å². The number of carbonyl (C=O) groups is 5. The number of benzene rings is 4. The first-order valence-corrected chi connectivity index (χ1v) is 14.0. The van der Waals surface area contributed by atoms with Crippen molar-refractivity contribution in [2.24, 2.45) is 0 Å². The van der Waals surface area contributed by atoms with E-state index in [2.05, 4.69) is 0 Å². The van der Waals surface area contributed by atoms with Crippen LogP contribution < -0.4 is 0 Å². The van der Waals surface area contributed by atoms with Gasteiger partial charge < -0.3 is 24.1 Å². The standard InChI is InChI=1S/C35H28O10/c36-27-21-35(41,22-42-31(37)23-13-5-1-6-14-23)30(45-34(40)26-19-11-4-12-20-26)29(44-33(39)25-17-9-3-10-18-25)28(27)43-32(38)24-15-7-2-8-16-24/h1-20,28-30,41H,21-22H2. The molecular weight excluding hydrogens is 580 g/mol. The van der Waals surface area contributed by atoms with Crippen molar-refractivity contribution >= 4 is 29.7 Å². The maximum atomic E-state index is 13.6. The molecule has 0 heterocycles. The number of hydrogen-bond donors (Lipinski definition) is 1. The van der Waals surface area contributed by atoms with Crippen LogP contribution in [0.1, 0.15) is 47.9 Å². The zero-order chi connectivity index (χ0) is 31.8. The number of rotatable bonds is 9. The average molecular weight is 609 g/mol. The van der Waals surface area contributed by atoms with Gasteiger partial charge in [-0.3, -0.25) is 4.79 Å². The van der Waals surface area contributed by atoms with Crippen LogP contribution >= 0.6 is 0 Å². The van der Waals surface area contributed by atoms with Crippen LogP contribution in [0.15, 0.2) is 121 Å². The van der Waals surface area contributed by atoms with Gasteiger partial charge in [0.2, 0.25) is 6.10 Å². The Kier molecular flexibility index (Phi) is 9.45. The number of carbonyl (C=O) groups excluding carboxylic acids is 5. The second-order valence-electron chi connectivity index (χ2n) is 10.3. The summed E-state index contributed by atoms with van der Waals surface area (Å²) in [5.41, 5.74) is -1.94. The third-order valence-corrected chi connectivity index (χ3v) is 7.13. The minimum Gasteiger partial charge on any atom is -0.459 e. The van der Waals surface area contributed by atoms with Crippen molar-refractivity contribution in [1.82, 2.24) is 0 Å². The molecule has 0 bridgehead atoms. The summed E-state index contributed by atoms with van der Waals surface area (Å²) in [6.45, 7) is -0.821.